The Morgan fingerprint density at radius 3 is 2.76 bits per heavy atom. The molecule has 0 atom stereocenters. The number of aromatic nitrogens is 2. The molecule has 0 radical (unpaired) electrons. The van der Waals surface area contributed by atoms with E-state index in [4.69, 9.17) is 4.74 Å². The standard InChI is InChI=1S/C11H18N4O2/c1-8-13-9(7-10(14-8)17-4)12-6-5-11(16)15(2)3/h7H,5-6H2,1-4H3,(H,12,13,14). The summed E-state index contributed by atoms with van der Waals surface area (Å²) in [5, 5.41) is 3.07. The molecule has 1 aromatic heterocycles. The molecule has 0 saturated carbocycles. The molecule has 0 aromatic carbocycles. The quantitative estimate of drug-likeness (QED) is 0.817. The minimum atomic E-state index is 0.0789. The van der Waals surface area contributed by atoms with Gasteiger partial charge < -0.3 is 15.0 Å². The Morgan fingerprint density at radius 1 is 1.47 bits per heavy atom. The Kier molecular flexibility index (Phi) is 4.68. The van der Waals surface area contributed by atoms with E-state index >= 15 is 0 Å². The van der Waals surface area contributed by atoms with Crippen LogP contribution in [0.5, 0.6) is 5.88 Å². The summed E-state index contributed by atoms with van der Waals surface area (Å²) in [5.41, 5.74) is 0. The number of carbonyl (C=O) groups is 1. The van der Waals surface area contributed by atoms with Gasteiger partial charge in [-0.2, -0.15) is 4.98 Å². The first-order chi connectivity index (χ1) is 8.02. The van der Waals surface area contributed by atoms with Crippen molar-refractivity contribution in [1.82, 2.24) is 14.9 Å². The van der Waals surface area contributed by atoms with Gasteiger partial charge in [0.1, 0.15) is 11.6 Å². The summed E-state index contributed by atoms with van der Waals surface area (Å²) in [5.74, 6) is 1.89. The van der Waals surface area contributed by atoms with E-state index in [2.05, 4.69) is 15.3 Å². The van der Waals surface area contributed by atoms with Crippen LogP contribution in [0.25, 0.3) is 0 Å². The largest absolute Gasteiger partial charge is 0.481 e. The maximum Gasteiger partial charge on any atom is 0.223 e. The van der Waals surface area contributed by atoms with Gasteiger partial charge in [0.2, 0.25) is 11.8 Å². The van der Waals surface area contributed by atoms with Crippen LogP contribution in [0.2, 0.25) is 0 Å². The molecule has 0 spiro atoms. The summed E-state index contributed by atoms with van der Waals surface area (Å²) in [4.78, 5) is 21.2. The van der Waals surface area contributed by atoms with Crippen molar-refractivity contribution >= 4 is 11.7 Å². The fourth-order valence-corrected chi connectivity index (χ4v) is 1.26. The lowest BCUT2D eigenvalue weighted by atomic mass is 10.4. The Morgan fingerprint density at radius 2 is 2.18 bits per heavy atom. The van der Waals surface area contributed by atoms with Crippen molar-refractivity contribution in [1.29, 1.82) is 0 Å². The fourth-order valence-electron chi connectivity index (χ4n) is 1.26. The number of methoxy groups -OCH3 is 1. The average molecular weight is 238 g/mol. The summed E-state index contributed by atoms with van der Waals surface area (Å²) in [6, 6.07) is 1.70. The lowest BCUT2D eigenvalue weighted by Crippen LogP contribution is -2.24. The molecule has 17 heavy (non-hydrogen) atoms. The van der Waals surface area contributed by atoms with Gasteiger partial charge in [-0.25, -0.2) is 4.98 Å². The second kappa shape index (κ2) is 6.03. The van der Waals surface area contributed by atoms with Crippen LogP contribution < -0.4 is 10.1 Å². The molecular weight excluding hydrogens is 220 g/mol. The average Bonchev–Trinajstić information content (AvgIpc) is 2.27. The van der Waals surface area contributed by atoms with Crippen molar-refractivity contribution in [2.45, 2.75) is 13.3 Å². The second-order valence-electron chi connectivity index (χ2n) is 3.81. The third-order valence-electron chi connectivity index (χ3n) is 2.17. The Hall–Kier alpha value is -1.85. The number of nitrogens with zero attached hydrogens (tertiary/aromatic N) is 3. The molecule has 0 fully saturated rings. The summed E-state index contributed by atoms with van der Waals surface area (Å²) >= 11 is 0. The summed E-state index contributed by atoms with van der Waals surface area (Å²) in [6.07, 6.45) is 0.429. The predicted molar refractivity (Wildman–Crippen MR) is 65.1 cm³/mol. The SMILES string of the molecule is COc1cc(NCCC(=O)N(C)C)nc(C)n1. The summed E-state index contributed by atoms with van der Waals surface area (Å²) in [7, 11) is 5.03. The predicted octanol–water partition coefficient (Wildman–Crippen LogP) is 0.684. The highest BCUT2D eigenvalue weighted by molar-refractivity contribution is 5.76. The van der Waals surface area contributed by atoms with Gasteiger partial charge in [-0.3, -0.25) is 4.79 Å². The first kappa shape index (κ1) is 13.2. The third kappa shape index (κ3) is 4.26. The van der Waals surface area contributed by atoms with Gasteiger partial charge in [-0.05, 0) is 6.92 Å². The third-order valence-corrected chi connectivity index (χ3v) is 2.17. The maximum absolute atomic E-state index is 11.4. The first-order valence-electron chi connectivity index (χ1n) is 5.36. The zero-order chi connectivity index (χ0) is 12.8. The van der Waals surface area contributed by atoms with Crippen LogP contribution in [-0.4, -0.2) is 48.5 Å². The Balaban J connectivity index is 2.52. The van der Waals surface area contributed by atoms with E-state index in [9.17, 15) is 4.79 Å². The van der Waals surface area contributed by atoms with Crippen molar-refractivity contribution < 1.29 is 9.53 Å². The molecule has 94 valence electrons. The van der Waals surface area contributed by atoms with Gasteiger partial charge in [0.05, 0.1) is 7.11 Å². The van der Waals surface area contributed by atoms with Crippen LogP contribution in [0.3, 0.4) is 0 Å². The number of aryl methyl sites for hydroxylation is 1. The molecule has 6 heteroatoms. The molecule has 0 bridgehead atoms. The number of amides is 1. The lowest BCUT2D eigenvalue weighted by Gasteiger charge is -2.11. The minimum absolute atomic E-state index is 0.0789. The van der Waals surface area contributed by atoms with Crippen LogP contribution in [0.4, 0.5) is 5.82 Å². The van der Waals surface area contributed by atoms with E-state index in [-0.39, 0.29) is 5.91 Å². The van der Waals surface area contributed by atoms with Crippen molar-refractivity contribution in [3.8, 4) is 5.88 Å². The number of rotatable bonds is 5. The zero-order valence-corrected chi connectivity index (χ0v) is 10.6. The van der Waals surface area contributed by atoms with Gasteiger partial charge in [0.15, 0.2) is 0 Å². The van der Waals surface area contributed by atoms with Crippen LogP contribution >= 0.6 is 0 Å². The minimum Gasteiger partial charge on any atom is -0.481 e. The molecule has 1 rings (SSSR count). The molecule has 1 amide bonds. The van der Waals surface area contributed by atoms with E-state index in [0.717, 1.165) is 0 Å². The number of ether oxygens (including phenoxy) is 1. The van der Waals surface area contributed by atoms with E-state index in [1.54, 1.807) is 39.1 Å². The van der Waals surface area contributed by atoms with Crippen molar-refractivity contribution in [3.63, 3.8) is 0 Å². The highest BCUT2D eigenvalue weighted by atomic mass is 16.5. The summed E-state index contributed by atoms with van der Waals surface area (Å²) < 4.78 is 5.04. The van der Waals surface area contributed by atoms with E-state index in [1.165, 1.54) is 0 Å². The Labute approximate surface area is 101 Å². The van der Waals surface area contributed by atoms with E-state index < -0.39 is 0 Å². The smallest absolute Gasteiger partial charge is 0.223 e. The second-order valence-corrected chi connectivity index (χ2v) is 3.81. The van der Waals surface area contributed by atoms with Gasteiger partial charge >= 0.3 is 0 Å². The molecule has 0 saturated heterocycles. The number of hydrogen-bond donors (Lipinski definition) is 1. The van der Waals surface area contributed by atoms with Crippen molar-refractivity contribution in [2.24, 2.45) is 0 Å². The number of carbonyl (C=O) groups excluding carboxylic acids is 1. The monoisotopic (exact) mass is 238 g/mol. The molecule has 1 N–H and O–H groups in total. The number of hydrogen-bond acceptors (Lipinski definition) is 5. The van der Waals surface area contributed by atoms with Crippen LogP contribution in [0, 0.1) is 6.92 Å². The summed E-state index contributed by atoms with van der Waals surface area (Å²) in [6.45, 7) is 2.33. The van der Waals surface area contributed by atoms with Crippen LogP contribution in [0.15, 0.2) is 6.07 Å². The van der Waals surface area contributed by atoms with Gasteiger partial charge in [-0.1, -0.05) is 0 Å². The lowest BCUT2D eigenvalue weighted by molar-refractivity contribution is -0.128. The Bertz CT molecular complexity index is 393. The fraction of sp³-hybridized carbons (Fsp3) is 0.545. The zero-order valence-electron chi connectivity index (χ0n) is 10.6. The van der Waals surface area contributed by atoms with E-state index in [0.29, 0.717) is 30.5 Å². The van der Waals surface area contributed by atoms with Gasteiger partial charge in [0, 0.05) is 33.1 Å². The molecule has 1 heterocycles. The van der Waals surface area contributed by atoms with Crippen molar-refractivity contribution in [2.75, 3.05) is 33.1 Å². The highest BCUT2D eigenvalue weighted by Crippen LogP contribution is 2.12. The normalized spacial score (nSPS) is 9.88. The topological polar surface area (TPSA) is 67.3 Å². The maximum atomic E-state index is 11.4. The molecule has 0 unspecified atom stereocenters. The molecular formula is C11H18N4O2. The molecule has 0 aliphatic carbocycles. The van der Waals surface area contributed by atoms with Crippen molar-refractivity contribution in [3.05, 3.63) is 11.9 Å². The number of anilines is 1. The molecule has 0 aliphatic heterocycles. The molecule has 0 aliphatic rings. The van der Waals surface area contributed by atoms with Gasteiger partial charge in [0.25, 0.3) is 0 Å². The first-order valence-corrected chi connectivity index (χ1v) is 5.36. The van der Waals surface area contributed by atoms with Crippen LogP contribution in [-0.2, 0) is 4.79 Å². The molecule has 1 aromatic rings. The van der Waals surface area contributed by atoms with Crippen LogP contribution in [0.1, 0.15) is 12.2 Å². The van der Waals surface area contributed by atoms with Gasteiger partial charge in [-0.15, -0.1) is 0 Å². The number of nitrogens with one attached hydrogen (secondary N) is 1. The molecule has 6 nitrogen and oxygen atoms in total. The van der Waals surface area contributed by atoms with E-state index in [1.807, 2.05) is 0 Å². The highest BCUT2D eigenvalue weighted by Gasteiger charge is 2.05.